The van der Waals surface area contributed by atoms with Crippen LogP contribution >= 0.6 is 11.8 Å². The molecule has 3 rings (SSSR count). The van der Waals surface area contributed by atoms with Crippen LogP contribution in [0.1, 0.15) is 17.3 Å². The lowest BCUT2D eigenvalue weighted by atomic mass is 10.2. The van der Waals surface area contributed by atoms with Crippen LogP contribution in [0.2, 0.25) is 0 Å². The molecule has 0 atom stereocenters. The largest absolute Gasteiger partial charge is 0.450 e. The number of rotatable bonds is 6. The maximum absolute atomic E-state index is 12.7. The van der Waals surface area contributed by atoms with Crippen LogP contribution in [-0.2, 0) is 4.74 Å². The fraction of sp³-hybridized carbons (Fsp3) is 0.200. The maximum Gasteiger partial charge on any atom is 0.413 e. The molecule has 8 nitrogen and oxygen atoms in total. The summed E-state index contributed by atoms with van der Waals surface area (Å²) >= 11 is 1.13. The van der Waals surface area contributed by atoms with E-state index in [1.54, 1.807) is 55.5 Å². The zero-order chi connectivity index (χ0) is 20.6. The van der Waals surface area contributed by atoms with Gasteiger partial charge in [-0.15, -0.1) is 0 Å². The van der Waals surface area contributed by atoms with Crippen molar-refractivity contribution in [3.63, 3.8) is 0 Å². The van der Waals surface area contributed by atoms with Gasteiger partial charge in [0.05, 0.1) is 17.6 Å². The van der Waals surface area contributed by atoms with E-state index in [-0.39, 0.29) is 24.2 Å². The van der Waals surface area contributed by atoms with Gasteiger partial charge in [-0.2, -0.15) is 0 Å². The van der Waals surface area contributed by atoms with E-state index in [9.17, 15) is 14.4 Å². The maximum atomic E-state index is 12.7. The number of hydrogen-bond acceptors (Lipinski definition) is 6. The Labute approximate surface area is 171 Å². The standard InChI is InChI=1S/C20H20N4O4S/c1-2-28-20(27)23-18-22-15-10-6-7-11-16(15)24(18)19(26)21-12-13-29-17(25)14-8-4-3-5-9-14/h3-11H,2,12-13H2,1H3,(H,21,26)(H,22,23,27). The average molecular weight is 412 g/mol. The molecule has 0 aliphatic carbocycles. The second kappa shape index (κ2) is 9.74. The summed E-state index contributed by atoms with van der Waals surface area (Å²) in [4.78, 5) is 40.9. The fourth-order valence-corrected chi connectivity index (χ4v) is 3.30. The highest BCUT2D eigenvalue weighted by Crippen LogP contribution is 2.19. The lowest BCUT2D eigenvalue weighted by Crippen LogP contribution is -2.32. The number of amides is 2. The van der Waals surface area contributed by atoms with E-state index < -0.39 is 12.1 Å². The first-order valence-electron chi connectivity index (χ1n) is 9.01. The molecule has 0 unspecified atom stereocenters. The second-order valence-corrected chi connectivity index (χ2v) is 6.91. The van der Waals surface area contributed by atoms with Gasteiger partial charge in [0.1, 0.15) is 0 Å². The van der Waals surface area contributed by atoms with Crippen LogP contribution in [-0.4, -0.2) is 45.7 Å². The van der Waals surface area contributed by atoms with Gasteiger partial charge in [-0.25, -0.2) is 19.1 Å². The smallest absolute Gasteiger partial charge is 0.413 e. The van der Waals surface area contributed by atoms with E-state index in [4.69, 9.17) is 4.74 Å². The van der Waals surface area contributed by atoms with Crippen LogP contribution in [0.5, 0.6) is 0 Å². The minimum atomic E-state index is -0.694. The van der Waals surface area contributed by atoms with Gasteiger partial charge in [-0.1, -0.05) is 54.2 Å². The van der Waals surface area contributed by atoms with Crippen LogP contribution in [0, 0.1) is 0 Å². The number of para-hydroxylation sites is 2. The van der Waals surface area contributed by atoms with Crippen LogP contribution < -0.4 is 10.6 Å². The van der Waals surface area contributed by atoms with Gasteiger partial charge < -0.3 is 10.1 Å². The highest BCUT2D eigenvalue weighted by molar-refractivity contribution is 8.14. The Morgan fingerprint density at radius 2 is 1.79 bits per heavy atom. The summed E-state index contributed by atoms with van der Waals surface area (Å²) in [7, 11) is 0. The first-order chi connectivity index (χ1) is 14.1. The van der Waals surface area contributed by atoms with E-state index in [1.807, 2.05) is 6.07 Å². The molecule has 29 heavy (non-hydrogen) atoms. The molecule has 0 saturated heterocycles. The molecule has 3 aromatic rings. The zero-order valence-electron chi connectivity index (χ0n) is 15.8. The molecule has 150 valence electrons. The van der Waals surface area contributed by atoms with Crippen molar-refractivity contribution in [1.82, 2.24) is 14.9 Å². The van der Waals surface area contributed by atoms with Gasteiger partial charge in [0.2, 0.25) is 11.1 Å². The van der Waals surface area contributed by atoms with Gasteiger partial charge in [-0.3, -0.25) is 10.1 Å². The summed E-state index contributed by atoms with van der Waals surface area (Å²) in [5.74, 6) is 0.474. The predicted molar refractivity (Wildman–Crippen MR) is 112 cm³/mol. The molecule has 2 amide bonds. The third-order valence-electron chi connectivity index (χ3n) is 3.87. The normalized spacial score (nSPS) is 10.5. The first-order valence-corrected chi connectivity index (χ1v) is 10.0. The molecule has 0 radical (unpaired) electrons. The van der Waals surface area contributed by atoms with Crippen LogP contribution in [0.3, 0.4) is 0 Å². The highest BCUT2D eigenvalue weighted by atomic mass is 32.2. The van der Waals surface area contributed by atoms with Crippen molar-refractivity contribution < 1.29 is 19.1 Å². The minimum Gasteiger partial charge on any atom is -0.450 e. The molecule has 0 aliphatic rings. The van der Waals surface area contributed by atoms with Crippen molar-refractivity contribution in [3.05, 3.63) is 60.2 Å². The van der Waals surface area contributed by atoms with Gasteiger partial charge in [-0.05, 0) is 19.1 Å². The van der Waals surface area contributed by atoms with Gasteiger partial charge in [0.25, 0.3) is 0 Å². The number of imidazole rings is 1. The van der Waals surface area contributed by atoms with Crippen molar-refractivity contribution >= 4 is 46.0 Å². The third-order valence-corrected chi connectivity index (χ3v) is 4.78. The Kier molecular flexibility index (Phi) is 6.85. The van der Waals surface area contributed by atoms with E-state index in [0.29, 0.717) is 22.3 Å². The lowest BCUT2D eigenvalue weighted by molar-refractivity contribution is 0.108. The minimum absolute atomic E-state index is 0.0578. The highest BCUT2D eigenvalue weighted by Gasteiger charge is 2.18. The molecular weight excluding hydrogens is 392 g/mol. The Balaban J connectivity index is 1.65. The van der Waals surface area contributed by atoms with Crippen molar-refractivity contribution in [2.24, 2.45) is 0 Å². The number of carbonyl (C=O) groups excluding carboxylic acids is 3. The molecule has 0 aliphatic heterocycles. The topological polar surface area (TPSA) is 102 Å². The molecular formula is C20H20N4O4S. The Morgan fingerprint density at radius 1 is 1.07 bits per heavy atom. The number of thioether (sulfide) groups is 1. The molecule has 0 bridgehead atoms. The number of hydrogen-bond donors (Lipinski definition) is 2. The molecule has 0 fully saturated rings. The molecule has 1 heterocycles. The van der Waals surface area contributed by atoms with Crippen LogP contribution in [0.25, 0.3) is 11.0 Å². The van der Waals surface area contributed by atoms with Crippen molar-refractivity contribution in [2.75, 3.05) is 24.2 Å². The van der Waals surface area contributed by atoms with Gasteiger partial charge in [0.15, 0.2) is 0 Å². The van der Waals surface area contributed by atoms with Gasteiger partial charge >= 0.3 is 12.1 Å². The number of fused-ring (bicyclic) bond motifs is 1. The molecule has 9 heteroatoms. The number of aromatic nitrogens is 2. The summed E-state index contributed by atoms with van der Waals surface area (Å²) in [5.41, 5.74) is 1.72. The van der Waals surface area contributed by atoms with Crippen molar-refractivity contribution in [3.8, 4) is 0 Å². The monoisotopic (exact) mass is 412 g/mol. The summed E-state index contributed by atoms with van der Waals surface area (Å²) in [6.07, 6.45) is -0.694. The Bertz CT molecular complexity index is 1020. The fourth-order valence-electron chi connectivity index (χ4n) is 2.61. The summed E-state index contributed by atoms with van der Waals surface area (Å²) in [5, 5.41) is 5.17. The summed E-state index contributed by atoms with van der Waals surface area (Å²) < 4.78 is 6.14. The Hall–Kier alpha value is -3.33. The lowest BCUT2D eigenvalue weighted by Gasteiger charge is -2.10. The van der Waals surface area contributed by atoms with Gasteiger partial charge in [0, 0.05) is 17.9 Å². The number of anilines is 1. The summed E-state index contributed by atoms with van der Waals surface area (Å²) in [6, 6.07) is 15.5. The van der Waals surface area contributed by atoms with E-state index in [0.717, 1.165) is 11.8 Å². The van der Waals surface area contributed by atoms with Crippen LogP contribution in [0.4, 0.5) is 15.5 Å². The molecule has 0 saturated carbocycles. The van der Waals surface area contributed by atoms with E-state index >= 15 is 0 Å². The number of carbonyl (C=O) groups is 3. The summed E-state index contributed by atoms with van der Waals surface area (Å²) in [6.45, 7) is 2.15. The predicted octanol–water partition coefficient (Wildman–Crippen LogP) is 3.74. The third kappa shape index (κ3) is 5.14. The number of nitrogens with one attached hydrogen (secondary N) is 2. The number of ether oxygens (including phenoxy) is 1. The molecule has 2 aromatic carbocycles. The Morgan fingerprint density at radius 3 is 2.55 bits per heavy atom. The molecule has 0 spiro atoms. The SMILES string of the molecule is CCOC(=O)Nc1nc2ccccc2n1C(=O)NCCSC(=O)c1ccccc1. The average Bonchev–Trinajstić information content (AvgIpc) is 3.09. The quantitative estimate of drug-likeness (QED) is 0.598. The second-order valence-electron chi connectivity index (χ2n) is 5.84. The number of nitrogens with zero attached hydrogens (tertiary/aromatic N) is 2. The van der Waals surface area contributed by atoms with E-state index in [2.05, 4.69) is 15.6 Å². The zero-order valence-corrected chi connectivity index (χ0v) is 16.6. The van der Waals surface area contributed by atoms with Crippen molar-refractivity contribution in [2.45, 2.75) is 6.92 Å². The van der Waals surface area contributed by atoms with Crippen LogP contribution in [0.15, 0.2) is 54.6 Å². The first kappa shape index (κ1) is 20.4. The van der Waals surface area contributed by atoms with E-state index in [1.165, 1.54) is 4.57 Å². The van der Waals surface area contributed by atoms with Crippen molar-refractivity contribution in [1.29, 1.82) is 0 Å². The molecule has 1 aromatic heterocycles. The molecule has 2 N–H and O–H groups in total. The number of benzene rings is 2.